The maximum absolute atomic E-state index is 6.66. The number of hydrogen-bond donors (Lipinski definition) is 0. The molecule has 28 rings (SSSR count). The summed E-state index contributed by atoms with van der Waals surface area (Å²) in [5, 5.41) is 14.5. The molecule has 656 valence electrons. The van der Waals surface area contributed by atoms with E-state index < -0.39 is 0 Å². The average molecular weight is 1790 g/mol. The van der Waals surface area contributed by atoms with Crippen molar-refractivity contribution in [3.8, 4) is 89.5 Å². The lowest BCUT2D eigenvalue weighted by molar-refractivity contribution is 0.668. The summed E-state index contributed by atoms with van der Waals surface area (Å²) in [5.41, 5.74) is 37.9. The van der Waals surface area contributed by atoms with Crippen molar-refractivity contribution in [3.05, 3.63) is 522 Å². The van der Waals surface area contributed by atoms with Gasteiger partial charge in [0.1, 0.15) is 11.2 Å². The van der Waals surface area contributed by atoms with E-state index in [1.54, 1.807) is 0 Å². The molecule has 0 saturated carbocycles. The molecular weight excluding hydrogens is 1700 g/mol. The van der Waals surface area contributed by atoms with Crippen molar-refractivity contribution in [2.75, 3.05) is 9.80 Å². The predicted octanol–water partition coefficient (Wildman–Crippen LogP) is 36.5. The molecule has 0 unspecified atom stereocenters. The number of hydrogen-bond acceptors (Lipinski definition) is 4. The Morgan fingerprint density at radius 2 is 0.336 bits per heavy atom. The van der Waals surface area contributed by atoms with Crippen LogP contribution in [-0.4, -0.2) is 18.3 Å². The van der Waals surface area contributed by atoms with Gasteiger partial charge < -0.3 is 36.9 Å². The second-order valence-electron chi connectivity index (χ2n) is 36.2. The molecule has 6 aromatic heterocycles. The van der Waals surface area contributed by atoms with Crippen LogP contribution >= 0.6 is 0 Å². The number of rotatable bonds is 16. The van der Waals surface area contributed by atoms with Crippen LogP contribution in [0.2, 0.25) is 0 Å². The molecule has 8 heteroatoms. The molecule has 28 aromatic rings. The number of para-hydroxylation sites is 12. The van der Waals surface area contributed by atoms with Crippen LogP contribution < -0.4 is 9.80 Å². The minimum Gasteiger partial charge on any atom is -0.454 e. The zero-order valence-corrected chi connectivity index (χ0v) is 76.2. The maximum Gasteiger partial charge on any atom is 0.159 e. The Labute approximate surface area is 807 Å². The van der Waals surface area contributed by atoms with E-state index in [0.717, 1.165) is 134 Å². The van der Waals surface area contributed by atoms with Gasteiger partial charge >= 0.3 is 0 Å². The summed E-state index contributed by atoms with van der Waals surface area (Å²) < 4.78 is 22.8. The highest BCUT2D eigenvalue weighted by Gasteiger charge is 2.25. The lowest BCUT2D eigenvalue weighted by Gasteiger charge is -2.26. The fourth-order valence-electron chi connectivity index (χ4n) is 21.6. The third kappa shape index (κ3) is 13.8. The van der Waals surface area contributed by atoms with Crippen LogP contribution in [-0.2, 0) is 0 Å². The second-order valence-corrected chi connectivity index (χ2v) is 36.2. The summed E-state index contributed by atoms with van der Waals surface area (Å²) >= 11 is 0. The summed E-state index contributed by atoms with van der Waals surface area (Å²) in [4.78, 5) is 4.63. The molecule has 22 aromatic carbocycles. The Bertz CT molecular complexity index is 8960. The van der Waals surface area contributed by atoms with Gasteiger partial charge in [-0.25, -0.2) is 0 Å². The zero-order valence-electron chi connectivity index (χ0n) is 76.2. The van der Waals surface area contributed by atoms with Crippen molar-refractivity contribution in [2.24, 2.45) is 0 Å². The zero-order chi connectivity index (χ0) is 92.2. The molecule has 0 aliphatic heterocycles. The first kappa shape index (κ1) is 80.9. The average Bonchev–Trinajstić information content (AvgIpc) is 1.60. The second kappa shape index (κ2) is 33.7. The number of aromatic nitrogens is 4. The maximum atomic E-state index is 6.66. The van der Waals surface area contributed by atoms with Gasteiger partial charge in [-0.3, -0.25) is 0 Å². The molecule has 0 amide bonds. The summed E-state index contributed by atoms with van der Waals surface area (Å²) in [5.74, 6) is 0. The van der Waals surface area contributed by atoms with Gasteiger partial charge in [0.15, 0.2) is 11.2 Å². The molecule has 0 aliphatic carbocycles. The topological polar surface area (TPSA) is 52.5 Å². The van der Waals surface area contributed by atoms with Gasteiger partial charge in [0, 0.05) is 110 Å². The molecule has 6 heterocycles. The van der Waals surface area contributed by atoms with Crippen LogP contribution in [0.1, 0.15) is 0 Å². The largest absolute Gasteiger partial charge is 0.454 e. The van der Waals surface area contributed by atoms with Crippen LogP contribution in [0.5, 0.6) is 0 Å². The molecule has 0 saturated heterocycles. The van der Waals surface area contributed by atoms with E-state index in [2.05, 4.69) is 526 Å². The van der Waals surface area contributed by atoms with Gasteiger partial charge in [-0.2, -0.15) is 0 Å². The first-order valence-electron chi connectivity index (χ1n) is 47.8. The van der Waals surface area contributed by atoms with Gasteiger partial charge in [0.05, 0.1) is 55.5 Å². The van der Waals surface area contributed by atoms with Gasteiger partial charge in [-0.15, -0.1) is 0 Å². The fourth-order valence-corrected chi connectivity index (χ4v) is 21.6. The number of furan rings is 2. The molecule has 8 nitrogen and oxygen atoms in total. The van der Waals surface area contributed by atoms with E-state index in [1.807, 2.05) is 24.3 Å². The minimum atomic E-state index is 0.857. The number of fused-ring (bicyclic) bond motifs is 18. The number of nitrogens with zero attached hydrogens (tertiary/aromatic N) is 6. The van der Waals surface area contributed by atoms with Crippen molar-refractivity contribution in [2.45, 2.75) is 0 Å². The number of benzene rings is 22. The van der Waals surface area contributed by atoms with Crippen molar-refractivity contribution in [1.82, 2.24) is 18.3 Å². The Balaban J connectivity index is 0.000000141. The van der Waals surface area contributed by atoms with Crippen LogP contribution in [0.15, 0.2) is 531 Å². The van der Waals surface area contributed by atoms with Crippen molar-refractivity contribution in [3.63, 3.8) is 0 Å². The van der Waals surface area contributed by atoms with E-state index >= 15 is 0 Å². The molecular formula is C132H86N6O2. The molecule has 0 radical (unpaired) electrons. The van der Waals surface area contributed by atoms with Gasteiger partial charge in [-0.1, -0.05) is 340 Å². The Hall–Kier alpha value is -18.8. The molecule has 0 spiro atoms. The SMILES string of the molecule is c1ccc(-n2c3ccccc3c3cc(-c4ccc(-c5ccc(N(c6ccc(-c7ccc(-n8c9ccccc9c9ccccc98)cc7)cc6)c6cccc7c6oc6ccccc67)cc5)cc4)ccc32)cc1.c1ccc(-n2c3ccccc3c3cc(-c4ccc(-c5ccc(N(c6ccc(-c7ccc(-n8c9ccccc9c9ccccc98)cc7)cc6)c6cccc7c6oc6ccccc67)cc5)cc4)ccc32)cc1. The highest BCUT2D eigenvalue weighted by molar-refractivity contribution is 6.16. The van der Waals surface area contributed by atoms with Crippen LogP contribution in [0.25, 0.3) is 221 Å². The highest BCUT2D eigenvalue weighted by Crippen LogP contribution is 2.48. The summed E-state index contributed by atoms with van der Waals surface area (Å²) in [6.07, 6.45) is 0. The first-order valence-corrected chi connectivity index (χ1v) is 47.8. The lowest BCUT2D eigenvalue weighted by atomic mass is 9.98. The number of anilines is 6. The third-order valence-corrected chi connectivity index (χ3v) is 28.3. The van der Waals surface area contributed by atoms with E-state index in [4.69, 9.17) is 8.83 Å². The Morgan fingerprint density at radius 1 is 0.136 bits per heavy atom. The quantitative estimate of drug-likeness (QED) is 0.0967. The van der Waals surface area contributed by atoms with Gasteiger partial charge in [0.2, 0.25) is 0 Å². The standard InChI is InChI=1S/2C66H43N3O/c2*1-2-13-50(14-3-1)68-62-22-10-6-17-56(62)59-43-49(35-42-63(59)68)48-27-25-44(26-28-48)45-29-36-51(37-30-45)67(64-23-12-19-58-57-18-7-11-24-65(57)70-66(58)64)52-38-31-46(32-39-52)47-33-40-53(41-34-47)69-60-20-8-4-15-54(60)55-16-5-9-21-61(55)69/h2*1-43H. The normalized spacial score (nSPS) is 11.7. The summed E-state index contributed by atoms with van der Waals surface area (Å²) in [7, 11) is 0. The Kier molecular flexibility index (Phi) is 19.5. The summed E-state index contributed by atoms with van der Waals surface area (Å²) in [6, 6.07) is 188. The Morgan fingerprint density at radius 3 is 0.621 bits per heavy atom. The molecule has 0 aliphatic rings. The molecule has 0 fully saturated rings. The third-order valence-electron chi connectivity index (χ3n) is 28.3. The highest BCUT2D eigenvalue weighted by atomic mass is 16.3. The van der Waals surface area contributed by atoms with Crippen LogP contribution in [0, 0.1) is 0 Å². The smallest absolute Gasteiger partial charge is 0.159 e. The van der Waals surface area contributed by atoms with Crippen LogP contribution in [0.4, 0.5) is 34.1 Å². The lowest BCUT2D eigenvalue weighted by Crippen LogP contribution is -2.10. The van der Waals surface area contributed by atoms with Crippen molar-refractivity contribution in [1.29, 1.82) is 0 Å². The monoisotopic (exact) mass is 1790 g/mol. The van der Waals surface area contributed by atoms with E-state index in [9.17, 15) is 0 Å². The van der Waals surface area contributed by atoms with Crippen LogP contribution in [0.3, 0.4) is 0 Å². The summed E-state index contributed by atoms with van der Waals surface area (Å²) in [6.45, 7) is 0. The minimum absolute atomic E-state index is 0.857. The van der Waals surface area contributed by atoms with E-state index in [0.29, 0.717) is 0 Å². The van der Waals surface area contributed by atoms with Crippen molar-refractivity contribution >= 4 is 165 Å². The fraction of sp³-hybridized carbons (Fsp3) is 0. The van der Waals surface area contributed by atoms with E-state index in [1.165, 1.54) is 121 Å². The molecule has 0 bridgehead atoms. The van der Waals surface area contributed by atoms with E-state index in [-0.39, 0.29) is 0 Å². The van der Waals surface area contributed by atoms with Crippen molar-refractivity contribution < 1.29 is 8.83 Å². The van der Waals surface area contributed by atoms with Gasteiger partial charge in [-0.05, 0) is 249 Å². The molecule has 0 atom stereocenters. The van der Waals surface area contributed by atoms with Gasteiger partial charge in [0.25, 0.3) is 0 Å². The first-order chi connectivity index (χ1) is 69.4. The molecule has 0 N–H and O–H groups in total. The molecule has 140 heavy (non-hydrogen) atoms. The predicted molar refractivity (Wildman–Crippen MR) is 587 cm³/mol.